The summed E-state index contributed by atoms with van der Waals surface area (Å²) in [7, 11) is 3.52. The molecule has 7 heteroatoms. The Morgan fingerprint density at radius 3 is 2.81 bits per heavy atom. The van der Waals surface area contributed by atoms with Gasteiger partial charge in [-0.25, -0.2) is 4.79 Å². The molecule has 0 spiro atoms. The van der Waals surface area contributed by atoms with Gasteiger partial charge in [0.2, 0.25) is 0 Å². The molecule has 0 saturated carbocycles. The zero-order valence-corrected chi connectivity index (χ0v) is 15.7. The number of nitrogens with one attached hydrogen (secondary N) is 2. The van der Waals surface area contributed by atoms with Crippen molar-refractivity contribution in [2.45, 2.75) is 25.4 Å². The second-order valence-electron chi connectivity index (χ2n) is 6.76. The van der Waals surface area contributed by atoms with Crippen LogP contribution in [0.1, 0.15) is 39.0 Å². The van der Waals surface area contributed by atoms with E-state index in [4.69, 9.17) is 0 Å². The zero-order chi connectivity index (χ0) is 18.3. The van der Waals surface area contributed by atoms with Crippen LogP contribution in [0.15, 0.2) is 35.1 Å². The van der Waals surface area contributed by atoms with E-state index in [9.17, 15) is 9.59 Å². The fraction of sp³-hybridized carbons (Fsp3) is 0.368. The molecule has 3 aromatic rings. The molecule has 1 aromatic carbocycles. The highest BCUT2D eigenvalue weighted by Crippen LogP contribution is 2.29. The first-order chi connectivity index (χ1) is 12.5. The number of nitrogens with zero attached hydrogens (tertiary/aromatic N) is 2. The van der Waals surface area contributed by atoms with E-state index in [0.717, 1.165) is 34.4 Å². The number of aromatic nitrogens is 2. The van der Waals surface area contributed by atoms with Crippen molar-refractivity contribution in [1.29, 1.82) is 0 Å². The first-order valence-corrected chi connectivity index (χ1v) is 9.62. The molecule has 2 N–H and O–H groups in total. The summed E-state index contributed by atoms with van der Waals surface area (Å²) in [4.78, 5) is 26.4. The van der Waals surface area contributed by atoms with E-state index < -0.39 is 0 Å². The van der Waals surface area contributed by atoms with Gasteiger partial charge in [-0.15, -0.1) is 11.3 Å². The number of amides is 1. The highest BCUT2D eigenvalue weighted by atomic mass is 32.1. The number of benzene rings is 1. The quantitative estimate of drug-likeness (QED) is 0.740. The number of imidazole rings is 1. The van der Waals surface area contributed by atoms with Crippen molar-refractivity contribution >= 4 is 28.3 Å². The third kappa shape index (κ3) is 2.97. The molecular weight excluding hydrogens is 348 g/mol. The minimum Gasteiger partial charge on any atom is -0.347 e. The molecule has 0 aliphatic carbocycles. The highest BCUT2D eigenvalue weighted by molar-refractivity contribution is 7.14. The van der Waals surface area contributed by atoms with E-state index in [2.05, 4.69) is 10.6 Å². The molecule has 0 radical (unpaired) electrons. The van der Waals surface area contributed by atoms with E-state index in [1.54, 1.807) is 34.6 Å². The van der Waals surface area contributed by atoms with Gasteiger partial charge < -0.3 is 10.6 Å². The lowest BCUT2D eigenvalue weighted by molar-refractivity contribution is 0.0955. The van der Waals surface area contributed by atoms with Crippen molar-refractivity contribution in [2.75, 3.05) is 6.54 Å². The van der Waals surface area contributed by atoms with Gasteiger partial charge in [0, 0.05) is 31.6 Å². The van der Waals surface area contributed by atoms with Gasteiger partial charge >= 0.3 is 5.69 Å². The predicted octanol–water partition coefficient (Wildman–Crippen LogP) is 2.29. The minimum atomic E-state index is -0.0544. The van der Waals surface area contributed by atoms with Crippen molar-refractivity contribution in [2.24, 2.45) is 14.1 Å². The van der Waals surface area contributed by atoms with E-state index >= 15 is 0 Å². The van der Waals surface area contributed by atoms with Crippen molar-refractivity contribution in [3.05, 3.63) is 56.1 Å². The number of thiophene rings is 1. The van der Waals surface area contributed by atoms with Gasteiger partial charge in [-0.3, -0.25) is 13.9 Å². The Labute approximate surface area is 155 Å². The predicted molar refractivity (Wildman–Crippen MR) is 104 cm³/mol. The molecular formula is C19H22N4O2S. The number of rotatable bonds is 4. The molecule has 4 rings (SSSR count). The fourth-order valence-corrected chi connectivity index (χ4v) is 4.56. The number of hydrogen-bond donors (Lipinski definition) is 2. The average molecular weight is 370 g/mol. The molecule has 26 heavy (non-hydrogen) atoms. The van der Waals surface area contributed by atoms with E-state index in [0.29, 0.717) is 12.6 Å². The standard InChI is InChI=1S/C19H22N4O2S/c1-22-14-6-5-12(10-15(14)23(2)19(22)25)11-21-18(24)17-8-7-16(26-17)13-4-3-9-20-13/h5-8,10,13,20H,3-4,9,11H2,1-2H3,(H,21,24). The molecule has 0 bridgehead atoms. The summed E-state index contributed by atoms with van der Waals surface area (Å²) < 4.78 is 3.25. The van der Waals surface area contributed by atoms with Gasteiger partial charge in [0.1, 0.15) is 0 Å². The monoisotopic (exact) mass is 370 g/mol. The number of aryl methyl sites for hydroxylation is 2. The van der Waals surface area contributed by atoms with Gasteiger partial charge in [0.25, 0.3) is 5.91 Å². The van der Waals surface area contributed by atoms with Gasteiger partial charge in [-0.05, 0) is 49.2 Å². The average Bonchev–Trinajstić information content (AvgIpc) is 3.38. The summed E-state index contributed by atoms with van der Waals surface area (Å²) in [6.07, 6.45) is 2.33. The lowest BCUT2D eigenvalue weighted by Crippen LogP contribution is -2.21. The third-order valence-electron chi connectivity index (χ3n) is 5.04. The van der Waals surface area contributed by atoms with Crippen LogP contribution in [0.4, 0.5) is 0 Å². The molecule has 6 nitrogen and oxygen atoms in total. The van der Waals surface area contributed by atoms with E-state index in [1.807, 2.05) is 30.3 Å². The van der Waals surface area contributed by atoms with Crippen LogP contribution >= 0.6 is 11.3 Å². The Kier molecular flexibility index (Phi) is 4.42. The van der Waals surface area contributed by atoms with Crippen molar-refractivity contribution in [3.63, 3.8) is 0 Å². The molecule has 1 aliphatic rings. The van der Waals surface area contributed by atoms with Crippen LogP contribution in [0, 0.1) is 0 Å². The molecule has 2 aromatic heterocycles. The molecule has 1 aliphatic heterocycles. The Morgan fingerprint density at radius 2 is 2.04 bits per heavy atom. The first-order valence-electron chi connectivity index (χ1n) is 8.80. The second kappa shape index (κ2) is 6.74. The van der Waals surface area contributed by atoms with Crippen molar-refractivity contribution in [3.8, 4) is 0 Å². The van der Waals surface area contributed by atoms with E-state index in [1.165, 1.54) is 11.3 Å². The number of hydrogen-bond acceptors (Lipinski definition) is 4. The topological polar surface area (TPSA) is 68.1 Å². The summed E-state index contributed by atoms with van der Waals surface area (Å²) in [6, 6.07) is 10.2. The minimum absolute atomic E-state index is 0.0483. The maximum Gasteiger partial charge on any atom is 0.328 e. The normalized spacial score (nSPS) is 17.1. The molecule has 1 amide bonds. The van der Waals surface area contributed by atoms with Crippen LogP contribution in [0.2, 0.25) is 0 Å². The lowest BCUT2D eigenvalue weighted by Gasteiger charge is -2.07. The van der Waals surface area contributed by atoms with Crippen molar-refractivity contribution in [1.82, 2.24) is 19.8 Å². The zero-order valence-electron chi connectivity index (χ0n) is 14.9. The molecule has 1 saturated heterocycles. The van der Waals surface area contributed by atoms with Crippen LogP contribution in [0.3, 0.4) is 0 Å². The van der Waals surface area contributed by atoms with Crippen LogP contribution in [0.25, 0.3) is 11.0 Å². The van der Waals surface area contributed by atoms with Gasteiger partial charge in [-0.1, -0.05) is 6.07 Å². The maximum atomic E-state index is 12.5. The Hall–Kier alpha value is -2.38. The van der Waals surface area contributed by atoms with Crippen molar-refractivity contribution < 1.29 is 4.79 Å². The molecule has 1 unspecified atom stereocenters. The van der Waals surface area contributed by atoms with Crippen LogP contribution < -0.4 is 16.3 Å². The van der Waals surface area contributed by atoms with Gasteiger partial charge in [0.05, 0.1) is 15.9 Å². The largest absolute Gasteiger partial charge is 0.347 e. The lowest BCUT2D eigenvalue weighted by atomic mass is 10.2. The van der Waals surface area contributed by atoms with E-state index in [-0.39, 0.29) is 11.6 Å². The van der Waals surface area contributed by atoms with Crippen LogP contribution in [-0.2, 0) is 20.6 Å². The molecule has 136 valence electrons. The Morgan fingerprint density at radius 1 is 1.23 bits per heavy atom. The number of carbonyl (C=O) groups is 1. The van der Waals surface area contributed by atoms with Gasteiger partial charge in [-0.2, -0.15) is 0 Å². The summed E-state index contributed by atoms with van der Waals surface area (Å²) >= 11 is 1.56. The SMILES string of the molecule is Cn1c(=O)n(C)c2cc(CNC(=O)c3ccc(C4CCCN4)s3)ccc21. The van der Waals surface area contributed by atoms with Gasteiger partial charge in [0.15, 0.2) is 0 Å². The smallest absolute Gasteiger partial charge is 0.328 e. The number of fused-ring (bicyclic) bond motifs is 1. The molecule has 3 heterocycles. The molecule has 1 atom stereocenters. The van der Waals surface area contributed by atoms with Crippen LogP contribution in [-0.4, -0.2) is 21.6 Å². The Balaban J connectivity index is 1.46. The number of carbonyl (C=O) groups excluding carboxylic acids is 1. The fourth-order valence-electron chi connectivity index (χ4n) is 3.52. The summed E-state index contributed by atoms with van der Waals surface area (Å²) in [5.41, 5.74) is 2.68. The summed E-state index contributed by atoms with van der Waals surface area (Å²) in [5.74, 6) is -0.0544. The third-order valence-corrected chi connectivity index (χ3v) is 6.24. The highest BCUT2D eigenvalue weighted by Gasteiger charge is 2.19. The first kappa shape index (κ1) is 17.1. The summed E-state index contributed by atoms with van der Waals surface area (Å²) in [5, 5.41) is 6.44. The Bertz CT molecular complexity index is 1020. The molecule has 1 fully saturated rings. The van der Waals surface area contributed by atoms with Crippen LogP contribution in [0.5, 0.6) is 0 Å². The second-order valence-corrected chi connectivity index (χ2v) is 7.87. The summed E-state index contributed by atoms with van der Waals surface area (Å²) in [6.45, 7) is 1.49. The maximum absolute atomic E-state index is 12.5.